The van der Waals surface area contributed by atoms with Gasteiger partial charge in [-0.25, -0.2) is 9.78 Å². The topological polar surface area (TPSA) is 105 Å². The fraction of sp³-hybridized carbons (Fsp3) is 0.424. The highest BCUT2D eigenvalue weighted by Crippen LogP contribution is 2.45. The van der Waals surface area contributed by atoms with Crippen LogP contribution in [0.5, 0.6) is 0 Å². The van der Waals surface area contributed by atoms with E-state index in [1.807, 2.05) is 35.8 Å². The summed E-state index contributed by atoms with van der Waals surface area (Å²) in [7, 11) is 0. The Morgan fingerprint density at radius 2 is 1.94 bits per heavy atom. The summed E-state index contributed by atoms with van der Waals surface area (Å²) in [6.07, 6.45) is 1.65. The van der Waals surface area contributed by atoms with Crippen LogP contribution in [-0.4, -0.2) is 62.7 Å². The van der Waals surface area contributed by atoms with Crippen LogP contribution in [0, 0.1) is 18.8 Å². The zero-order chi connectivity index (χ0) is 34.6. The molecule has 2 aliphatic rings. The number of hydrogen-bond acceptors (Lipinski definition) is 8. The molecule has 3 aromatic rings. The lowest BCUT2D eigenvalue weighted by atomic mass is 9.77. The van der Waals surface area contributed by atoms with E-state index >= 15 is 0 Å². The molecule has 5 atom stereocenters. The fourth-order valence-corrected chi connectivity index (χ4v) is 7.22. The summed E-state index contributed by atoms with van der Waals surface area (Å²) in [5, 5.41) is 0.506. The van der Waals surface area contributed by atoms with Crippen LogP contribution in [0.15, 0.2) is 64.3 Å². The number of aliphatic imine (C=N–C) groups is 1. The van der Waals surface area contributed by atoms with Crippen LogP contribution in [0.4, 0.5) is 13.2 Å². The first kappa shape index (κ1) is 36.2. The maximum atomic E-state index is 13.5. The molecule has 3 unspecified atom stereocenters. The second-order valence-electron chi connectivity index (χ2n) is 11.4. The molecule has 9 nitrogen and oxygen atoms in total. The number of alkyl halides is 4. The quantitative estimate of drug-likeness (QED) is 0.0884. The lowest BCUT2D eigenvalue weighted by molar-refractivity contribution is -0.201. The third-order valence-corrected chi connectivity index (χ3v) is 10.4. The Morgan fingerprint density at radius 3 is 2.65 bits per heavy atom. The van der Waals surface area contributed by atoms with E-state index in [2.05, 4.69) is 41.8 Å². The van der Waals surface area contributed by atoms with Crippen LogP contribution in [0.1, 0.15) is 61.4 Å². The fourth-order valence-electron chi connectivity index (χ4n) is 5.95. The number of halogens is 6. The van der Waals surface area contributed by atoms with Crippen LogP contribution < -0.4 is 0 Å². The summed E-state index contributed by atoms with van der Waals surface area (Å²) in [6.45, 7) is 2.44. The molecule has 1 fully saturated rings. The number of pyridine rings is 1. The van der Waals surface area contributed by atoms with Crippen LogP contribution in [-0.2, 0) is 23.8 Å². The molecule has 3 heterocycles. The van der Waals surface area contributed by atoms with Crippen molar-refractivity contribution in [2.24, 2.45) is 16.8 Å². The first-order valence-electron chi connectivity index (χ1n) is 15.2. The highest BCUT2D eigenvalue weighted by Gasteiger charge is 2.49. The number of fused-ring (bicyclic) bond motifs is 3. The summed E-state index contributed by atoms with van der Waals surface area (Å²) in [6, 6.07) is 8.66. The number of allylic oxidation sites excluding steroid dienone is 2. The van der Waals surface area contributed by atoms with Gasteiger partial charge in [0.15, 0.2) is 13.4 Å². The van der Waals surface area contributed by atoms with Crippen LogP contribution >= 0.6 is 43.5 Å². The summed E-state index contributed by atoms with van der Waals surface area (Å²) < 4.78 is 59.0. The van der Waals surface area contributed by atoms with Crippen molar-refractivity contribution in [3.8, 4) is 5.69 Å². The van der Waals surface area contributed by atoms with E-state index < -0.39 is 60.3 Å². The number of esters is 2. The standard InChI is InChI=1S/C33H32Br2ClF3N4O5/c1-3-6-19-11-28(23(35)13-21(19)33(37,38)39)47-17-48-30(45)16-46-29(44)9-8-26-32-41-15-18(2)43(32)27-14-24(36)22(34)12-20(27)31(42-26)25-7-4-5-10-40-25/h3-7,10,12,14-15,19,21,23,26,28H,8-9,11,13,16-17H2,1-2H3/b6-3+/t19-,21+,23?,26?,28?/m0/s1. The van der Waals surface area contributed by atoms with E-state index in [-0.39, 0.29) is 25.7 Å². The summed E-state index contributed by atoms with van der Waals surface area (Å²) in [4.78, 5) is 38.6. The smallest absolute Gasteiger partial charge is 0.392 e. The third-order valence-electron chi connectivity index (χ3n) is 8.23. The van der Waals surface area contributed by atoms with Gasteiger partial charge in [0.2, 0.25) is 0 Å². The first-order chi connectivity index (χ1) is 22.9. The number of imidazole rings is 1. The van der Waals surface area contributed by atoms with Gasteiger partial charge in [-0.1, -0.05) is 45.7 Å². The summed E-state index contributed by atoms with van der Waals surface area (Å²) >= 11 is 13.3. The SMILES string of the molecule is C/C=C/[C@H]1CC(OCOC(=O)COC(=O)CCC2N=C(c3ccccn3)c3cc(Br)c(Cl)cc3-n3c(C)cnc32)C(Br)C[C@H]1C(F)(F)F. The van der Waals surface area contributed by atoms with Crippen LogP contribution in [0.3, 0.4) is 0 Å². The second-order valence-corrected chi connectivity index (χ2v) is 13.9. The number of carbonyl (C=O) groups is 2. The largest absolute Gasteiger partial charge is 0.454 e. The monoisotopic (exact) mass is 814 g/mol. The maximum absolute atomic E-state index is 13.5. The third kappa shape index (κ3) is 8.38. The van der Waals surface area contributed by atoms with Crippen molar-refractivity contribution < 1.29 is 37.0 Å². The minimum atomic E-state index is -4.34. The molecule has 1 aliphatic heterocycles. The van der Waals surface area contributed by atoms with Gasteiger partial charge in [-0.3, -0.25) is 19.3 Å². The van der Waals surface area contributed by atoms with Gasteiger partial charge in [0, 0.05) is 39.4 Å². The number of carbonyl (C=O) groups excluding carboxylic acids is 2. The molecule has 0 spiro atoms. The first-order valence-corrected chi connectivity index (χ1v) is 17.3. The molecule has 0 bridgehead atoms. The molecule has 1 aliphatic carbocycles. The molecular formula is C33H32Br2ClF3N4O5. The summed E-state index contributed by atoms with van der Waals surface area (Å²) in [5.41, 5.74) is 3.62. The van der Waals surface area contributed by atoms with Crippen molar-refractivity contribution in [1.29, 1.82) is 0 Å². The molecule has 1 saturated carbocycles. The van der Waals surface area contributed by atoms with Gasteiger partial charge in [-0.2, -0.15) is 13.2 Å². The Bertz CT molecular complexity index is 1700. The Labute approximate surface area is 297 Å². The Morgan fingerprint density at radius 1 is 1.15 bits per heavy atom. The van der Waals surface area contributed by atoms with E-state index in [0.29, 0.717) is 26.7 Å². The highest BCUT2D eigenvalue weighted by molar-refractivity contribution is 9.10. The molecule has 48 heavy (non-hydrogen) atoms. The number of rotatable bonds is 10. The number of nitrogens with zero attached hydrogens (tertiary/aromatic N) is 4. The zero-order valence-corrected chi connectivity index (χ0v) is 29.9. The Kier molecular flexibility index (Phi) is 11.8. The van der Waals surface area contributed by atoms with Gasteiger partial charge in [0.1, 0.15) is 11.9 Å². The normalized spacial score (nSPS) is 22.4. The minimum Gasteiger partial charge on any atom is -0.454 e. The zero-order valence-electron chi connectivity index (χ0n) is 25.9. The van der Waals surface area contributed by atoms with Gasteiger partial charge in [-0.15, -0.1) is 0 Å². The predicted molar refractivity (Wildman–Crippen MR) is 179 cm³/mol. The van der Waals surface area contributed by atoms with Gasteiger partial charge in [0.25, 0.3) is 0 Å². The van der Waals surface area contributed by atoms with E-state index in [1.54, 1.807) is 31.5 Å². The molecular weight excluding hydrogens is 785 g/mol. The molecule has 0 N–H and O–H groups in total. The van der Waals surface area contributed by atoms with Crippen molar-refractivity contribution in [3.05, 3.63) is 87.1 Å². The molecule has 1 aromatic carbocycles. The van der Waals surface area contributed by atoms with E-state index in [0.717, 1.165) is 16.9 Å². The van der Waals surface area contributed by atoms with Gasteiger partial charge in [-0.05, 0) is 79.2 Å². The minimum absolute atomic E-state index is 0.0831. The molecule has 2 aromatic heterocycles. The lowest BCUT2D eigenvalue weighted by Gasteiger charge is -2.38. The molecule has 5 rings (SSSR count). The summed E-state index contributed by atoms with van der Waals surface area (Å²) in [5.74, 6) is -3.14. The number of aromatic nitrogens is 3. The van der Waals surface area contributed by atoms with Crippen LogP contribution in [0.2, 0.25) is 5.02 Å². The van der Waals surface area contributed by atoms with Crippen molar-refractivity contribution in [3.63, 3.8) is 0 Å². The number of benzene rings is 1. The molecule has 0 saturated heterocycles. The van der Waals surface area contributed by atoms with Gasteiger partial charge >= 0.3 is 18.1 Å². The Balaban J connectivity index is 1.19. The molecule has 256 valence electrons. The van der Waals surface area contributed by atoms with Gasteiger partial charge in [0.05, 0.1) is 34.1 Å². The molecule has 0 radical (unpaired) electrons. The maximum Gasteiger partial charge on any atom is 0.392 e. The van der Waals surface area contributed by atoms with E-state index in [4.69, 9.17) is 30.8 Å². The van der Waals surface area contributed by atoms with Gasteiger partial charge < -0.3 is 14.2 Å². The average molecular weight is 817 g/mol. The van der Waals surface area contributed by atoms with E-state index in [9.17, 15) is 22.8 Å². The second kappa shape index (κ2) is 15.6. The van der Waals surface area contributed by atoms with Crippen molar-refractivity contribution in [2.45, 2.75) is 62.7 Å². The Hall–Kier alpha value is -3.07. The molecule has 0 amide bonds. The number of aryl methyl sites for hydroxylation is 1. The average Bonchev–Trinajstić information content (AvgIpc) is 3.37. The number of ether oxygens (including phenoxy) is 3. The van der Waals surface area contributed by atoms with Crippen molar-refractivity contribution in [1.82, 2.24) is 14.5 Å². The van der Waals surface area contributed by atoms with E-state index in [1.165, 1.54) is 6.08 Å². The predicted octanol–water partition coefficient (Wildman–Crippen LogP) is 8.02. The van der Waals surface area contributed by atoms with Crippen molar-refractivity contribution in [2.75, 3.05) is 13.4 Å². The lowest BCUT2D eigenvalue weighted by Crippen LogP contribution is -2.43. The highest BCUT2D eigenvalue weighted by atomic mass is 79.9. The van der Waals surface area contributed by atoms with Crippen molar-refractivity contribution >= 4 is 61.1 Å². The number of hydrogen-bond donors (Lipinski definition) is 0. The molecule has 15 heteroatoms. The van der Waals surface area contributed by atoms with Crippen LogP contribution in [0.25, 0.3) is 5.69 Å².